The summed E-state index contributed by atoms with van der Waals surface area (Å²) in [7, 11) is 2.24. The number of carbonyl (C=O) groups is 1. The number of hydrogen-bond donors (Lipinski definition) is 3. The third-order valence-electron chi connectivity index (χ3n) is 8.68. The van der Waals surface area contributed by atoms with Gasteiger partial charge >= 0.3 is 0 Å². The Kier molecular flexibility index (Phi) is 7.37. The van der Waals surface area contributed by atoms with E-state index in [1.54, 1.807) is 6.20 Å². The molecule has 2 saturated heterocycles. The first-order valence-corrected chi connectivity index (χ1v) is 14.3. The molecule has 0 radical (unpaired) electrons. The third-order valence-corrected chi connectivity index (χ3v) is 8.68. The Morgan fingerprint density at radius 3 is 2.26 bits per heavy atom. The first-order valence-electron chi connectivity index (χ1n) is 14.3. The van der Waals surface area contributed by atoms with E-state index in [2.05, 4.69) is 67.0 Å². The second-order valence-electron chi connectivity index (χ2n) is 11.6. The average molecular weight is 526 g/mol. The number of anilines is 5. The van der Waals surface area contributed by atoms with Gasteiger partial charge in [0.15, 0.2) is 0 Å². The molecule has 0 atom stereocenters. The minimum Gasteiger partial charge on any atom is -0.371 e. The van der Waals surface area contributed by atoms with Crippen LogP contribution in [0.4, 0.5) is 28.8 Å². The second kappa shape index (κ2) is 11.2. The predicted molar refractivity (Wildman–Crippen MR) is 157 cm³/mol. The number of nitrogens with one attached hydrogen (secondary N) is 3. The molecule has 2 aliphatic heterocycles. The van der Waals surface area contributed by atoms with Crippen LogP contribution in [0.1, 0.15) is 48.9 Å². The maximum absolute atomic E-state index is 12.9. The van der Waals surface area contributed by atoms with Crippen LogP contribution in [0.3, 0.4) is 0 Å². The lowest BCUT2D eigenvalue weighted by molar-refractivity contribution is 0.0944. The molecule has 3 aromatic rings. The van der Waals surface area contributed by atoms with Crippen molar-refractivity contribution in [2.45, 2.75) is 38.5 Å². The average Bonchev–Trinajstić information content (AvgIpc) is 3.80. The number of aromatic nitrogens is 2. The summed E-state index contributed by atoms with van der Waals surface area (Å²) in [6.07, 6.45) is 9.21. The van der Waals surface area contributed by atoms with Gasteiger partial charge in [-0.3, -0.25) is 4.79 Å². The summed E-state index contributed by atoms with van der Waals surface area (Å²) in [5.41, 5.74) is 4.03. The van der Waals surface area contributed by atoms with Crippen LogP contribution in [0.2, 0.25) is 0 Å². The van der Waals surface area contributed by atoms with Crippen LogP contribution >= 0.6 is 0 Å². The van der Waals surface area contributed by atoms with E-state index in [-0.39, 0.29) is 5.91 Å². The smallest absolute Gasteiger partial charge is 0.256 e. The zero-order valence-corrected chi connectivity index (χ0v) is 22.8. The summed E-state index contributed by atoms with van der Waals surface area (Å²) in [6.45, 7) is 5.41. The molecular weight excluding hydrogens is 486 g/mol. The van der Waals surface area contributed by atoms with Crippen molar-refractivity contribution in [2.75, 3.05) is 55.3 Å². The topological polar surface area (TPSA) is 85.4 Å². The lowest BCUT2D eigenvalue weighted by Crippen LogP contribution is -2.46. The predicted octanol–water partition coefficient (Wildman–Crippen LogP) is 5.42. The van der Waals surface area contributed by atoms with Crippen molar-refractivity contribution in [1.82, 2.24) is 20.2 Å². The first kappa shape index (κ1) is 25.6. The summed E-state index contributed by atoms with van der Waals surface area (Å²) in [4.78, 5) is 27.0. The fourth-order valence-electron chi connectivity index (χ4n) is 5.73. The molecule has 0 unspecified atom stereocenters. The maximum atomic E-state index is 12.9. The van der Waals surface area contributed by atoms with Crippen molar-refractivity contribution < 1.29 is 4.79 Å². The van der Waals surface area contributed by atoms with Gasteiger partial charge < -0.3 is 25.8 Å². The van der Waals surface area contributed by atoms with Gasteiger partial charge in [0.1, 0.15) is 11.4 Å². The number of likely N-dealkylation sites (tertiary alicyclic amines) is 1. The van der Waals surface area contributed by atoms with Gasteiger partial charge in [-0.15, -0.1) is 0 Å². The minimum absolute atomic E-state index is 0.153. The van der Waals surface area contributed by atoms with Crippen molar-refractivity contribution in [2.24, 2.45) is 11.3 Å². The normalized spacial score (nSPS) is 19.1. The van der Waals surface area contributed by atoms with Crippen LogP contribution in [-0.4, -0.2) is 60.5 Å². The zero-order valence-electron chi connectivity index (χ0n) is 22.8. The number of nitrogens with zero attached hydrogens (tertiary/aromatic N) is 4. The standard InChI is InChI=1S/C31H39N7O/c1-37-17-13-31(14-18-37)15-19-38(20-16-31)26-11-9-25(10-12-26)35-30-33-22-27(29(39)32-21-23-7-8-23)28(36-30)34-24-5-3-2-4-6-24/h2-6,9-12,22-23H,7-8,13-21H2,1H3,(H,32,39)(H2,33,34,35,36). The molecule has 1 spiro atoms. The maximum Gasteiger partial charge on any atom is 0.256 e. The van der Waals surface area contributed by atoms with Crippen LogP contribution < -0.4 is 20.9 Å². The summed E-state index contributed by atoms with van der Waals surface area (Å²) >= 11 is 0. The Labute approximate surface area is 231 Å². The summed E-state index contributed by atoms with van der Waals surface area (Å²) in [6, 6.07) is 18.3. The highest BCUT2D eigenvalue weighted by atomic mass is 16.1. The third kappa shape index (κ3) is 6.33. The lowest BCUT2D eigenvalue weighted by atomic mass is 9.71. The Bertz CT molecular complexity index is 1260. The highest BCUT2D eigenvalue weighted by molar-refractivity contribution is 5.99. The number of rotatable bonds is 8. The molecule has 39 heavy (non-hydrogen) atoms. The quantitative estimate of drug-likeness (QED) is 0.362. The van der Waals surface area contributed by atoms with Crippen molar-refractivity contribution in [3.8, 4) is 0 Å². The number of para-hydroxylation sites is 1. The van der Waals surface area contributed by atoms with Gasteiger partial charge in [0.2, 0.25) is 5.95 Å². The van der Waals surface area contributed by atoms with Gasteiger partial charge in [-0.05, 0) is 106 Å². The van der Waals surface area contributed by atoms with E-state index in [0.29, 0.717) is 35.2 Å². The van der Waals surface area contributed by atoms with Gasteiger partial charge in [0.25, 0.3) is 5.91 Å². The summed E-state index contributed by atoms with van der Waals surface area (Å²) < 4.78 is 0. The fraction of sp³-hybridized carbons (Fsp3) is 0.452. The Hall–Kier alpha value is -3.65. The van der Waals surface area contributed by atoms with E-state index in [1.165, 1.54) is 57.3 Å². The number of hydrogen-bond acceptors (Lipinski definition) is 7. The molecule has 1 amide bonds. The molecule has 3 fully saturated rings. The largest absolute Gasteiger partial charge is 0.371 e. The van der Waals surface area contributed by atoms with Gasteiger partial charge in [0.05, 0.1) is 0 Å². The zero-order chi connectivity index (χ0) is 26.7. The molecule has 3 aliphatic rings. The van der Waals surface area contributed by atoms with E-state index in [4.69, 9.17) is 0 Å². The second-order valence-corrected chi connectivity index (χ2v) is 11.6. The number of benzene rings is 2. The van der Waals surface area contributed by atoms with Crippen LogP contribution in [-0.2, 0) is 0 Å². The van der Waals surface area contributed by atoms with Gasteiger partial charge in [-0.25, -0.2) is 4.98 Å². The minimum atomic E-state index is -0.153. The van der Waals surface area contributed by atoms with Gasteiger partial charge in [-0.1, -0.05) is 18.2 Å². The molecule has 204 valence electrons. The molecule has 2 aromatic carbocycles. The van der Waals surface area contributed by atoms with E-state index in [1.807, 2.05) is 30.3 Å². The SMILES string of the molecule is CN1CCC2(CC1)CCN(c1ccc(Nc3ncc(C(=O)NCC4CC4)c(Nc4ccccc4)n3)cc1)CC2. The number of amides is 1. The number of carbonyl (C=O) groups excluding carboxylic acids is 1. The van der Waals surface area contributed by atoms with Crippen LogP contribution in [0.25, 0.3) is 0 Å². The number of piperidine rings is 2. The van der Waals surface area contributed by atoms with Crippen molar-refractivity contribution >= 4 is 34.7 Å². The molecule has 0 bridgehead atoms. The van der Waals surface area contributed by atoms with Crippen LogP contribution in [0.5, 0.6) is 0 Å². The van der Waals surface area contributed by atoms with Gasteiger partial charge in [-0.2, -0.15) is 4.98 Å². The van der Waals surface area contributed by atoms with Crippen molar-refractivity contribution in [3.05, 3.63) is 66.4 Å². The molecule has 1 aromatic heterocycles. The van der Waals surface area contributed by atoms with E-state index in [0.717, 1.165) is 24.5 Å². The van der Waals surface area contributed by atoms with E-state index < -0.39 is 0 Å². The molecule has 8 nitrogen and oxygen atoms in total. The summed E-state index contributed by atoms with van der Waals surface area (Å²) in [5, 5.41) is 9.65. The Balaban J connectivity index is 1.12. The highest BCUT2D eigenvalue weighted by Crippen LogP contribution is 2.42. The Morgan fingerprint density at radius 1 is 0.897 bits per heavy atom. The highest BCUT2D eigenvalue weighted by Gasteiger charge is 2.36. The Morgan fingerprint density at radius 2 is 1.56 bits per heavy atom. The fourth-order valence-corrected chi connectivity index (χ4v) is 5.73. The molecule has 1 saturated carbocycles. The molecule has 3 N–H and O–H groups in total. The van der Waals surface area contributed by atoms with E-state index in [9.17, 15) is 4.79 Å². The first-order chi connectivity index (χ1) is 19.1. The molecule has 6 rings (SSSR count). The van der Waals surface area contributed by atoms with Gasteiger partial charge in [0, 0.05) is 42.9 Å². The van der Waals surface area contributed by atoms with Crippen LogP contribution in [0.15, 0.2) is 60.8 Å². The molecule has 8 heteroatoms. The molecule has 1 aliphatic carbocycles. The van der Waals surface area contributed by atoms with Crippen molar-refractivity contribution in [3.63, 3.8) is 0 Å². The van der Waals surface area contributed by atoms with E-state index >= 15 is 0 Å². The lowest BCUT2D eigenvalue weighted by Gasteiger charge is -2.46. The molecular formula is C31H39N7O. The summed E-state index contributed by atoms with van der Waals surface area (Å²) in [5.74, 6) is 1.38. The van der Waals surface area contributed by atoms with Crippen molar-refractivity contribution in [1.29, 1.82) is 0 Å². The monoisotopic (exact) mass is 525 g/mol. The van der Waals surface area contributed by atoms with Crippen LogP contribution in [0, 0.1) is 11.3 Å². The molecule has 3 heterocycles.